The lowest BCUT2D eigenvalue weighted by Crippen LogP contribution is -2.49. The van der Waals surface area contributed by atoms with Gasteiger partial charge in [0.25, 0.3) is 5.91 Å². The van der Waals surface area contributed by atoms with Crippen LogP contribution in [0.25, 0.3) is 0 Å². The van der Waals surface area contributed by atoms with E-state index in [-0.39, 0.29) is 24.4 Å². The Hall–Kier alpha value is -2.71. The van der Waals surface area contributed by atoms with E-state index in [1.165, 1.54) is 0 Å². The normalized spacial score (nSPS) is 17.5. The highest BCUT2D eigenvalue weighted by Crippen LogP contribution is 2.20. The van der Waals surface area contributed by atoms with Crippen LogP contribution in [0.5, 0.6) is 0 Å². The van der Waals surface area contributed by atoms with Gasteiger partial charge < -0.3 is 20.5 Å². The molecule has 0 radical (unpaired) electrons. The summed E-state index contributed by atoms with van der Waals surface area (Å²) in [6.07, 6.45) is 3.68. The first kappa shape index (κ1) is 19.1. The van der Waals surface area contributed by atoms with Crippen molar-refractivity contribution >= 4 is 17.5 Å². The highest BCUT2D eigenvalue weighted by Gasteiger charge is 2.28. The summed E-state index contributed by atoms with van der Waals surface area (Å²) in [5, 5.41) is 9.02. The molecule has 1 aromatic heterocycles. The van der Waals surface area contributed by atoms with Crippen molar-refractivity contribution in [2.75, 3.05) is 38.0 Å². The van der Waals surface area contributed by atoms with Gasteiger partial charge in [-0.2, -0.15) is 0 Å². The lowest BCUT2D eigenvalue weighted by atomic mass is 10.1. The maximum Gasteiger partial charge on any atom is 0.251 e. The number of aryl methyl sites for hydroxylation is 1. The largest absolute Gasteiger partial charge is 0.352 e. The van der Waals surface area contributed by atoms with E-state index >= 15 is 0 Å². The molecule has 0 aliphatic carbocycles. The van der Waals surface area contributed by atoms with Crippen LogP contribution in [0.15, 0.2) is 36.7 Å². The number of hydrogen-bond acceptors (Lipinski definition) is 5. The lowest BCUT2D eigenvalue weighted by molar-refractivity contribution is -0.118. The smallest absolute Gasteiger partial charge is 0.251 e. The number of anilines is 1. The molecule has 1 aromatic carbocycles. The third-order valence-corrected chi connectivity index (χ3v) is 4.60. The predicted octanol–water partition coefficient (Wildman–Crippen LogP) is 0.755. The Morgan fingerprint density at radius 2 is 2.22 bits per heavy atom. The Kier molecular flexibility index (Phi) is 6.20. The fourth-order valence-corrected chi connectivity index (χ4v) is 3.27. The molecule has 1 saturated heterocycles. The molecule has 1 aliphatic rings. The van der Waals surface area contributed by atoms with Gasteiger partial charge in [0.15, 0.2) is 0 Å². The van der Waals surface area contributed by atoms with Gasteiger partial charge in [-0.05, 0) is 25.1 Å². The average molecular weight is 370 g/mol. The van der Waals surface area contributed by atoms with Crippen LogP contribution in [0.1, 0.15) is 29.1 Å². The molecule has 3 N–H and O–H groups in total. The number of amides is 2. The number of piperazine rings is 1. The summed E-state index contributed by atoms with van der Waals surface area (Å²) >= 11 is 0. The van der Waals surface area contributed by atoms with Gasteiger partial charge in [0, 0.05) is 56.9 Å². The van der Waals surface area contributed by atoms with Crippen LogP contribution in [-0.4, -0.2) is 59.0 Å². The van der Waals surface area contributed by atoms with E-state index in [2.05, 4.69) is 25.8 Å². The maximum atomic E-state index is 12.6. The van der Waals surface area contributed by atoms with Crippen LogP contribution in [0.2, 0.25) is 0 Å². The molecule has 2 amide bonds. The van der Waals surface area contributed by atoms with Gasteiger partial charge in [-0.25, -0.2) is 4.98 Å². The van der Waals surface area contributed by atoms with Crippen molar-refractivity contribution in [2.24, 2.45) is 7.05 Å². The van der Waals surface area contributed by atoms with E-state index in [9.17, 15) is 9.59 Å². The van der Waals surface area contributed by atoms with Crippen LogP contribution in [0.4, 0.5) is 5.69 Å². The van der Waals surface area contributed by atoms with E-state index in [1.54, 1.807) is 30.5 Å². The summed E-state index contributed by atoms with van der Waals surface area (Å²) in [5.41, 5.74) is 1.15. The molecule has 1 unspecified atom stereocenters. The van der Waals surface area contributed by atoms with Crippen molar-refractivity contribution in [3.8, 4) is 0 Å². The van der Waals surface area contributed by atoms with E-state index in [0.29, 0.717) is 17.8 Å². The van der Waals surface area contributed by atoms with Crippen LogP contribution < -0.4 is 16.0 Å². The fourth-order valence-electron chi connectivity index (χ4n) is 3.27. The minimum Gasteiger partial charge on any atom is -0.352 e. The second kappa shape index (κ2) is 8.79. The topological polar surface area (TPSA) is 91.3 Å². The standard InChI is InChI=1S/C19H26N6O2/c1-3-21-19(27)14-5-4-6-15(11-14)23-17(26)13-25-10-7-20-12-16(25)18-22-8-9-24(18)2/h4-6,8-9,11,16,20H,3,7,10,12-13H2,1-2H3,(H,21,27)(H,23,26). The highest BCUT2D eigenvalue weighted by molar-refractivity contribution is 5.97. The Morgan fingerprint density at radius 1 is 1.37 bits per heavy atom. The van der Waals surface area contributed by atoms with Crippen molar-refractivity contribution in [2.45, 2.75) is 13.0 Å². The highest BCUT2D eigenvalue weighted by atomic mass is 16.2. The maximum absolute atomic E-state index is 12.6. The quantitative estimate of drug-likeness (QED) is 0.698. The molecule has 1 atom stereocenters. The fraction of sp³-hybridized carbons (Fsp3) is 0.421. The summed E-state index contributed by atoms with van der Waals surface area (Å²) in [5.74, 6) is 0.683. The van der Waals surface area contributed by atoms with Gasteiger partial charge in [-0.15, -0.1) is 0 Å². The molecular formula is C19H26N6O2. The third-order valence-electron chi connectivity index (χ3n) is 4.60. The number of nitrogens with one attached hydrogen (secondary N) is 3. The summed E-state index contributed by atoms with van der Waals surface area (Å²) in [6, 6.07) is 7.02. The molecule has 144 valence electrons. The molecule has 8 nitrogen and oxygen atoms in total. The average Bonchev–Trinajstić information content (AvgIpc) is 3.08. The van der Waals surface area contributed by atoms with Crippen molar-refractivity contribution in [1.82, 2.24) is 25.1 Å². The molecule has 8 heteroatoms. The Balaban J connectivity index is 1.65. The van der Waals surface area contributed by atoms with E-state index in [1.807, 2.05) is 24.7 Å². The molecule has 27 heavy (non-hydrogen) atoms. The third kappa shape index (κ3) is 4.72. The number of rotatable bonds is 6. The molecule has 0 bridgehead atoms. The predicted molar refractivity (Wildman–Crippen MR) is 103 cm³/mol. The van der Waals surface area contributed by atoms with Gasteiger partial charge in [0.05, 0.1) is 12.6 Å². The SMILES string of the molecule is CCNC(=O)c1cccc(NC(=O)CN2CCNCC2c2nccn2C)c1. The van der Waals surface area contributed by atoms with Crippen molar-refractivity contribution in [1.29, 1.82) is 0 Å². The van der Waals surface area contributed by atoms with Gasteiger partial charge in [0.2, 0.25) is 5.91 Å². The van der Waals surface area contributed by atoms with Crippen LogP contribution in [0, 0.1) is 0 Å². The van der Waals surface area contributed by atoms with Crippen LogP contribution >= 0.6 is 0 Å². The van der Waals surface area contributed by atoms with Crippen molar-refractivity contribution in [3.05, 3.63) is 48.0 Å². The second-order valence-electron chi connectivity index (χ2n) is 6.58. The van der Waals surface area contributed by atoms with Gasteiger partial charge in [-0.3, -0.25) is 14.5 Å². The number of carbonyl (C=O) groups is 2. The van der Waals surface area contributed by atoms with Crippen molar-refractivity contribution < 1.29 is 9.59 Å². The number of nitrogens with zero attached hydrogens (tertiary/aromatic N) is 3. The van der Waals surface area contributed by atoms with Gasteiger partial charge in [-0.1, -0.05) is 6.07 Å². The minimum absolute atomic E-state index is 0.0474. The molecule has 2 heterocycles. The number of carbonyl (C=O) groups excluding carboxylic acids is 2. The number of benzene rings is 1. The van der Waals surface area contributed by atoms with Crippen LogP contribution in [0.3, 0.4) is 0 Å². The molecule has 1 aliphatic heterocycles. The minimum atomic E-state index is -0.148. The summed E-state index contributed by atoms with van der Waals surface area (Å²) in [4.78, 5) is 31.1. The molecule has 0 spiro atoms. The summed E-state index contributed by atoms with van der Waals surface area (Å²) in [7, 11) is 1.96. The van der Waals surface area contributed by atoms with E-state index in [4.69, 9.17) is 0 Å². The van der Waals surface area contributed by atoms with Gasteiger partial charge in [0.1, 0.15) is 5.82 Å². The Labute approximate surface area is 159 Å². The molecule has 1 fully saturated rings. The number of hydrogen-bond donors (Lipinski definition) is 3. The zero-order valence-corrected chi connectivity index (χ0v) is 15.7. The molecule has 0 saturated carbocycles. The molecule has 3 rings (SSSR count). The van der Waals surface area contributed by atoms with Gasteiger partial charge >= 0.3 is 0 Å². The summed E-state index contributed by atoms with van der Waals surface area (Å²) < 4.78 is 1.98. The zero-order valence-electron chi connectivity index (χ0n) is 15.7. The first-order valence-electron chi connectivity index (χ1n) is 9.18. The number of imidazole rings is 1. The second-order valence-corrected chi connectivity index (χ2v) is 6.58. The Bertz CT molecular complexity index is 803. The van der Waals surface area contributed by atoms with Crippen molar-refractivity contribution in [3.63, 3.8) is 0 Å². The van der Waals surface area contributed by atoms with E-state index < -0.39 is 0 Å². The monoisotopic (exact) mass is 370 g/mol. The molecule has 2 aromatic rings. The number of aromatic nitrogens is 2. The molecular weight excluding hydrogens is 344 g/mol. The Morgan fingerprint density at radius 3 is 2.96 bits per heavy atom. The zero-order chi connectivity index (χ0) is 19.2. The summed E-state index contributed by atoms with van der Waals surface area (Å²) in [6.45, 7) is 5.06. The first-order chi connectivity index (χ1) is 13.1. The van der Waals surface area contributed by atoms with E-state index in [0.717, 1.165) is 25.5 Å². The van der Waals surface area contributed by atoms with Crippen LogP contribution in [-0.2, 0) is 11.8 Å². The first-order valence-corrected chi connectivity index (χ1v) is 9.18. The lowest BCUT2D eigenvalue weighted by Gasteiger charge is -2.35.